The number of aliphatic hydroxyl groups excluding tert-OH is 1. The zero-order chi connectivity index (χ0) is 24.4. The van der Waals surface area contributed by atoms with Crippen LogP contribution < -0.4 is 10.1 Å². The van der Waals surface area contributed by atoms with E-state index >= 15 is 0 Å². The number of ether oxygens (including phenoxy) is 1. The van der Waals surface area contributed by atoms with Gasteiger partial charge in [-0.2, -0.15) is 11.3 Å². The minimum absolute atomic E-state index is 0.0588. The average Bonchev–Trinajstić information content (AvgIpc) is 3.40. The van der Waals surface area contributed by atoms with Crippen LogP contribution in [0.25, 0.3) is 0 Å². The Kier molecular flexibility index (Phi) is 6.51. The number of nitrogens with zero attached hydrogens (tertiary/aromatic N) is 1. The van der Waals surface area contributed by atoms with Crippen LogP contribution in [0.3, 0.4) is 0 Å². The van der Waals surface area contributed by atoms with Crippen molar-refractivity contribution in [1.82, 2.24) is 10.3 Å². The molecule has 4 aromatic rings. The van der Waals surface area contributed by atoms with Crippen LogP contribution in [-0.2, 0) is 10.3 Å². The van der Waals surface area contributed by atoms with Gasteiger partial charge in [-0.15, -0.1) is 0 Å². The molecule has 2 aromatic carbocycles. The fourth-order valence-electron chi connectivity index (χ4n) is 3.82. The van der Waals surface area contributed by atoms with E-state index in [1.165, 1.54) is 35.6 Å². The van der Waals surface area contributed by atoms with E-state index in [0.717, 1.165) is 17.3 Å². The van der Waals surface area contributed by atoms with Crippen LogP contribution in [0.15, 0.2) is 99.1 Å². The summed E-state index contributed by atoms with van der Waals surface area (Å²) in [4.78, 5) is 18.8. The summed E-state index contributed by atoms with van der Waals surface area (Å²) in [7, 11) is 0. The van der Waals surface area contributed by atoms with Crippen molar-refractivity contribution in [3.8, 4) is 11.6 Å². The second kappa shape index (κ2) is 9.73. The topological polar surface area (TPSA) is 71.5 Å². The SMILES string of the molecule is O=C1N[C@](c2ccsc2)(c2cccc(Oc3ccc(F)cc3)n2)CC(O)=C1Sc1ccccc1Cl. The summed E-state index contributed by atoms with van der Waals surface area (Å²) in [6.07, 6.45) is 0.0925. The zero-order valence-electron chi connectivity index (χ0n) is 18.1. The normalized spacial score (nSPS) is 17.8. The highest BCUT2D eigenvalue weighted by atomic mass is 35.5. The molecule has 2 aromatic heterocycles. The number of carbonyl (C=O) groups excluding carboxylic acids is 1. The number of nitrogens with one attached hydrogen (secondary N) is 1. The van der Waals surface area contributed by atoms with E-state index in [1.54, 1.807) is 36.4 Å². The second-order valence-corrected chi connectivity index (χ2v) is 10.0. The van der Waals surface area contributed by atoms with Crippen LogP contribution in [0.4, 0.5) is 4.39 Å². The van der Waals surface area contributed by atoms with Gasteiger partial charge in [0, 0.05) is 17.4 Å². The van der Waals surface area contributed by atoms with Crippen molar-refractivity contribution < 1.29 is 19.0 Å². The van der Waals surface area contributed by atoms with Crippen LogP contribution >= 0.6 is 34.7 Å². The molecule has 1 aliphatic rings. The lowest BCUT2D eigenvalue weighted by molar-refractivity contribution is -0.119. The average molecular weight is 525 g/mol. The number of thiophene rings is 1. The summed E-state index contributed by atoms with van der Waals surface area (Å²) >= 11 is 8.86. The summed E-state index contributed by atoms with van der Waals surface area (Å²) in [5.74, 6) is -0.159. The maximum atomic E-state index is 13.3. The predicted octanol–water partition coefficient (Wildman–Crippen LogP) is 7.05. The van der Waals surface area contributed by atoms with E-state index < -0.39 is 11.4 Å². The number of carbonyl (C=O) groups is 1. The zero-order valence-corrected chi connectivity index (χ0v) is 20.5. The van der Waals surface area contributed by atoms with Gasteiger partial charge in [-0.3, -0.25) is 4.79 Å². The Morgan fingerprint density at radius 1 is 1.09 bits per heavy atom. The molecule has 176 valence electrons. The number of benzene rings is 2. The molecule has 0 unspecified atom stereocenters. The van der Waals surface area contributed by atoms with Gasteiger partial charge in [0.2, 0.25) is 5.88 Å². The number of rotatable bonds is 6. The molecule has 0 aliphatic carbocycles. The molecule has 1 atom stereocenters. The molecule has 0 bridgehead atoms. The molecular weight excluding hydrogens is 507 g/mol. The van der Waals surface area contributed by atoms with Crippen molar-refractivity contribution in [2.24, 2.45) is 0 Å². The summed E-state index contributed by atoms with van der Waals surface area (Å²) in [6.45, 7) is 0. The van der Waals surface area contributed by atoms with E-state index in [9.17, 15) is 14.3 Å². The van der Waals surface area contributed by atoms with Crippen LogP contribution in [0.2, 0.25) is 5.02 Å². The molecule has 0 spiro atoms. The van der Waals surface area contributed by atoms with Crippen molar-refractivity contribution in [2.75, 3.05) is 0 Å². The van der Waals surface area contributed by atoms with Crippen molar-refractivity contribution in [3.63, 3.8) is 0 Å². The number of aliphatic hydroxyl groups is 1. The second-order valence-electron chi connectivity index (χ2n) is 7.77. The Balaban J connectivity index is 1.52. The Morgan fingerprint density at radius 2 is 1.89 bits per heavy atom. The number of pyridine rings is 1. The number of amides is 1. The third-order valence-electron chi connectivity index (χ3n) is 5.49. The third-order valence-corrected chi connectivity index (χ3v) is 7.81. The van der Waals surface area contributed by atoms with Gasteiger partial charge >= 0.3 is 0 Å². The van der Waals surface area contributed by atoms with E-state index in [1.807, 2.05) is 22.9 Å². The first-order chi connectivity index (χ1) is 16.9. The standard InChI is InChI=1S/C26H18ClFN2O3S2/c27-19-4-1-2-5-21(19)35-24-20(31)14-26(30-25(24)32,16-12-13-34-15-16)22-6-3-7-23(29-22)33-18-10-8-17(28)9-11-18/h1-13,15,31H,14H2,(H,30,32)/t26-/m1/s1. The molecule has 0 radical (unpaired) electrons. The van der Waals surface area contributed by atoms with Crippen molar-refractivity contribution in [3.05, 3.63) is 116 Å². The first-order valence-corrected chi connectivity index (χ1v) is 12.7. The molecule has 1 amide bonds. The molecule has 5 nitrogen and oxygen atoms in total. The summed E-state index contributed by atoms with van der Waals surface area (Å²) in [5, 5.41) is 18.5. The van der Waals surface area contributed by atoms with E-state index in [4.69, 9.17) is 16.3 Å². The van der Waals surface area contributed by atoms with E-state index in [2.05, 4.69) is 10.3 Å². The van der Waals surface area contributed by atoms with E-state index in [-0.39, 0.29) is 28.8 Å². The molecule has 5 rings (SSSR count). The number of hydrogen-bond donors (Lipinski definition) is 2. The van der Waals surface area contributed by atoms with Crippen LogP contribution in [-0.4, -0.2) is 16.0 Å². The minimum Gasteiger partial charge on any atom is -0.511 e. The lowest BCUT2D eigenvalue weighted by Gasteiger charge is -2.37. The first kappa shape index (κ1) is 23.4. The monoisotopic (exact) mass is 524 g/mol. The molecule has 2 N–H and O–H groups in total. The Labute approximate surface area is 214 Å². The highest BCUT2D eigenvalue weighted by Crippen LogP contribution is 2.44. The lowest BCUT2D eigenvalue weighted by atomic mass is 9.82. The van der Waals surface area contributed by atoms with Crippen LogP contribution in [0.1, 0.15) is 17.7 Å². The summed E-state index contributed by atoms with van der Waals surface area (Å²) in [5.41, 5.74) is 0.182. The number of hydrogen-bond acceptors (Lipinski definition) is 6. The molecule has 3 heterocycles. The quantitative estimate of drug-likeness (QED) is 0.283. The maximum absolute atomic E-state index is 13.3. The van der Waals surface area contributed by atoms with Crippen molar-refractivity contribution in [2.45, 2.75) is 16.9 Å². The number of thioether (sulfide) groups is 1. The number of halogens is 2. The van der Waals surface area contributed by atoms with E-state index in [0.29, 0.717) is 21.4 Å². The highest BCUT2D eigenvalue weighted by Gasteiger charge is 2.44. The molecule has 35 heavy (non-hydrogen) atoms. The molecular formula is C26H18ClFN2O3S2. The van der Waals surface area contributed by atoms with Gasteiger partial charge in [0.25, 0.3) is 5.91 Å². The fourth-order valence-corrected chi connectivity index (χ4v) is 5.66. The molecule has 0 saturated heterocycles. The first-order valence-electron chi connectivity index (χ1n) is 10.6. The van der Waals surface area contributed by atoms with Crippen molar-refractivity contribution in [1.29, 1.82) is 0 Å². The van der Waals surface area contributed by atoms with Crippen LogP contribution in [0.5, 0.6) is 11.6 Å². The minimum atomic E-state index is -1.10. The fraction of sp³-hybridized carbons (Fsp3) is 0.0769. The highest BCUT2D eigenvalue weighted by molar-refractivity contribution is 8.04. The van der Waals surface area contributed by atoms with Gasteiger partial charge in [-0.25, -0.2) is 9.37 Å². The van der Waals surface area contributed by atoms with Gasteiger partial charge in [-0.1, -0.05) is 41.6 Å². The van der Waals surface area contributed by atoms with Crippen LogP contribution in [0, 0.1) is 5.82 Å². The lowest BCUT2D eigenvalue weighted by Crippen LogP contribution is -2.50. The summed E-state index contributed by atoms with van der Waals surface area (Å²) in [6, 6.07) is 19.9. The van der Waals surface area contributed by atoms with Gasteiger partial charge in [0.15, 0.2) is 0 Å². The number of aromatic nitrogens is 1. The predicted molar refractivity (Wildman–Crippen MR) is 136 cm³/mol. The Morgan fingerprint density at radius 3 is 2.60 bits per heavy atom. The maximum Gasteiger partial charge on any atom is 0.262 e. The Bertz CT molecular complexity index is 1410. The smallest absolute Gasteiger partial charge is 0.262 e. The molecule has 0 saturated carbocycles. The molecule has 9 heteroatoms. The van der Waals surface area contributed by atoms with Gasteiger partial charge in [-0.05, 0) is 64.9 Å². The van der Waals surface area contributed by atoms with Crippen molar-refractivity contribution >= 4 is 40.6 Å². The molecule has 0 fully saturated rings. The molecule has 1 aliphatic heterocycles. The van der Waals surface area contributed by atoms with Gasteiger partial charge in [0.05, 0.1) is 10.7 Å². The van der Waals surface area contributed by atoms with Gasteiger partial charge in [0.1, 0.15) is 27.8 Å². The van der Waals surface area contributed by atoms with Gasteiger partial charge < -0.3 is 15.2 Å². The largest absolute Gasteiger partial charge is 0.511 e. The third kappa shape index (κ3) is 4.77. The summed E-state index contributed by atoms with van der Waals surface area (Å²) < 4.78 is 19.1. The Hall–Kier alpha value is -3.33.